The first-order chi connectivity index (χ1) is 9.49. The monoisotopic (exact) mass is 278 g/mol. The highest BCUT2D eigenvalue weighted by Crippen LogP contribution is 2.13. The summed E-state index contributed by atoms with van der Waals surface area (Å²) in [6.45, 7) is 3.02. The van der Waals surface area contributed by atoms with Gasteiger partial charge in [0.15, 0.2) is 12.4 Å². The van der Waals surface area contributed by atoms with Gasteiger partial charge in [-0.05, 0) is 46.1 Å². The molecule has 0 aliphatic carbocycles. The second-order valence-corrected chi connectivity index (χ2v) is 4.88. The van der Waals surface area contributed by atoms with Gasteiger partial charge in [-0.1, -0.05) is 12.1 Å². The van der Waals surface area contributed by atoms with E-state index in [4.69, 9.17) is 4.74 Å². The molecule has 5 heteroatoms. The maximum Gasteiger partial charge on any atom is 0.257 e. The molecular formula is C15H22N2O3. The standard InChI is InChI=1S/C15H22N2O3/c1-12(18)13-6-4-7-14(10-13)20-11-15(19)16-8-5-9-17(2)3/h4,6-7,10H,5,8-9,11H2,1-3H3,(H,16,19). The fourth-order valence-electron chi connectivity index (χ4n) is 1.63. The van der Waals surface area contributed by atoms with Gasteiger partial charge in [0.25, 0.3) is 5.91 Å². The minimum Gasteiger partial charge on any atom is -0.484 e. The molecule has 0 fully saturated rings. The Bertz CT molecular complexity index is 458. The lowest BCUT2D eigenvalue weighted by molar-refractivity contribution is -0.123. The minimum absolute atomic E-state index is 0.0245. The van der Waals surface area contributed by atoms with Crippen LogP contribution in [-0.4, -0.2) is 50.4 Å². The van der Waals surface area contributed by atoms with E-state index in [9.17, 15) is 9.59 Å². The molecule has 0 aliphatic heterocycles. The summed E-state index contributed by atoms with van der Waals surface area (Å²) in [5.41, 5.74) is 0.578. The molecule has 0 spiro atoms. The van der Waals surface area contributed by atoms with Gasteiger partial charge in [0, 0.05) is 12.1 Å². The Morgan fingerprint density at radius 2 is 2.05 bits per heavy atom. The molecule has 0 aromatic heterocycles. The number of ketones is 1. The van der Waals surface area contributed by atoms with Gasteiger partial charge >= 0.3 is 0 Å². The van der Waals surface area contributed by atoms with E-state index < -0.39 is 0 Å². The van der Waals surface area contributed by atoms with Crippen molar-refractivity contribution in [2.45, 2.75) is 13.3 Å². The molecule has 1 N–H and O–H groups in total. The van der Waals surface area contributed by atoms with Crippen LogP contribution in [0.25, 0.3) is 0 Å². The van der Waals surface area contributed by atoms with Crippen molar-refractivity contribution in [3.8, 4) is 5.75 Å². The molecule has 1 aromatic rings. The summed E-state index contributed by atoms with van der Waals surface area (Å²) in [4.78, 5) is 24.9. The molecule has 0 unspecified atom stereocenters. The minimum atomic E-state index is -0.156. The van der Waals surface area contributed by atoms with E-state index in [1.165, 1.54) is 6.92 Å². The number of benzene rings is 1. The average Bonchev–Trinajstić information content (AvgIpc) is 2.41. The molecule has 0 saturated heterocycles. The fraction of sp³-hybridized carbons (Fsp3) is 0.467. The first kappa shape index (κ1) is 16.2. The number of ether oxygens (including phenoxy) is 1. The zero-order valence-corrected chi connectivity index (χ0v) is 12.3. The van der Waals surface area contributed by atoms with E-state index in [0.717, 1.165) is 13.0 Å². The number of rotatable bonds is 8. The third kappa shape index (κ3) is 6.33. The second-order valence-electron chi connectivity index (χ2n) is 4.88. The molecule has 1 amide bonds. The van der Waals surface area contributed by atoms with E-state index in [1.54, 1.807) is 24.3 Å². The predicted octanol–water partition coefficient (Wildman–Crippen LogP) is 1.34. The first-order valence-electron chi connectivity index (χ1n) is 6.64. The van der Waals surface area contributed by atoms with Gasteiger partial charge in [0.1, 0.15) is 5.75 Å². The van der Waals surface area contributed by atoms with Crippen LogP contribution in [0.5, 0.6) is 5.75 Å². The van der Waals surface area contributed by atoms with Gasteiger partial charge in [-0.3, -0.25) is 9.59 Å². The molecule has 0 atom stereocenters. The lowest BCUT2D eigenvalue weighted by atomic mass is 10.1. The molecule has 20 heavy (non-hydrogen) atoms. The molecule has 0 aliphatic rings. The highest BCUT2D eigenvalue weighted by atomic mass is 16.5. The average molecular weight is 278 g/mol. The number of amides is 1. The summed E-state index contributed by atoms with van der Waals surface area (Å²) in [6, 6.07) is 6.82. The number of carbonyl (C=O) groups excluding carboxylic acids is 2. The molecule has 1 rings (SSSR count). The molecule has 5 nitrogen and oxygen atoms in total. The van der Waals surface area contributed by atoms with Gasteiger partial charge in [-0.15, -0.1) is 0 Å². The van der Waals surface area contributed by atoms with E-state index in [0.29, 0.717) is 17.9 Å². The highest BCUT2D eigenvalue weighted by molar-refractivity contribution is 5.94. The summed E-state index contributed by atoms with van der Waals surface area (Å²) in [6.07, 6.45) is 0.901. The SMILES string of the molecule is CC(=O)c1cccc(OCC(=O)NCCCN(C)C)c1. The van der Waals surface area contributed by atoms with Crippen molar-refractivity contribution in [2.24, 2.45) is 0 Å². The third-order valence-electron chi connectivity index (χ3n) is 2.71. The molecule has 110 valence electrons. The third-order valence-corrected chi connectivity index (χ3v) is 2.71. The Balaban J connectivity index is 2.30. The molecule has 0 bridgehead atoms. The van der Waals surface area contributed by atoms with Crippen LogP contribution in [0, 0.1) is 0 Å². The second kappa shape index (κ2) is 8.32. The van der Waals surface area contributed by atoms with E-state index in [-0.39, 0.29) is 18.3 Å². The Kier molecular flexibility index (Phi) is 6.73. The van der Waals surface area contributed by atoms with Gasteiger partial charge in [0.2, 0.25) is 0 Å². The van der Waals surface area contributed by atoms with Crippen LogP contribution < -0.4 is 10.1 Å². The molecule has 0 radical (unpaired) electrons. The lowest BCUT2D eigenvalue weighted by Crippen LogP contribution is -2.31. The Morgan fingerprint density at radius 1 is 1.30 bits per heavy atom. The summed E-state index contributed by atoms with van der Waals surface area (Å²) < 4.78 is 5.36. The van der Waals surface area contributed by atoms with Crippen molar-refractivity contribution in [2.75, 3.05) is 33.8 Å². The van der Waals surface area contributed by atoms with Gasteiger partial charge < -0.3 is 15.0 Å². The van der Waals surface area contributed by atoms with E-state index in [1.807, 2.05) is 14.1 Å². The zero-order chi connectivity index (χ0) is 15.0. The van der Waals surface area contributed by atoms with Crippen LogP contribution in [-0.2, 0) is 4.79 Å². The summed E-state index contributed by atoms with van der Waals surface area (Å²) in [7, 11) is 3.99. The Hall–Kier alpha value is -1.88. The molecule has 0 heterocycles. The van der Waals surface area contributed by atoms with Crippen LogP contribution >= 0.6 is 0 Å². The smallest absolute Gasteiger partial charge is 0.257 e. The van der Waals surface area contributed by atoms with Crippen molar-refractivity contribution >= 4 is 11.7 Å². The van der Waals surface area contributed by atoms with Crippen LogP contribution in [0.2, 0.25) is 0 Å². The van der Waals surface area contributed by atoms with Crippen molar-refractivity contribution < 1.29 is 14.3 Å². The van der Waals surface area contributed by atoms with Crippen molar-refractivity contribution in [1.29, 1.82) is 0 Å². The lowest BCUT2D eigenvalue weighted by Gasteiger charge is -2.10. The maximum atomic E-state index is 11.6. The number of hydrogen-bond donors (Lipinski definition) is 1. The maximum absolute atomic E-state index is 11.6. The van der Waals surface area contributed by atoms with Crippen molar-refractivity contribution in [1.82, 2.24) is 10.2 Å². The fourth-order valence-corrected chi connectivity index (χ4v) is 1.63. The zero-order valence-electron chi connectivity index (χ0n) is 12.3. The largest absolute Gasteiger partial charge is 0.484 e. The summed E-state index contributed by atoms with van der Waals surface area (Å²) >= 11 is 0. The quantitative estimate of drug-likeness (QED) is 0.576. The Morgan fingerprint density at radius 3 is 2.70 bits per heavy atom. The van der Waals surface area contributed by atoms with Gasteiger partial charge in [-0.25, -0.2) is 0 Å². The Labute approximate surface area is 119 Å². The van der Waals surface area contributed by atoms with Crippen molar-refractivity contribution in [3.05, 3.63) is 29.8 Å². The number of Topliss-reactive ketones (excluding diaryl/α,β-unsaturated/α-hetero) is 1. The molecule has 0 saturated carbocycles. The summed E-state index contributed by atoms with van der Waals surface area (Å²) in [5.74, 6) is 0.349. The van der Waals surface area contributed by atoms with Crippen LogP contribution in [0.15, 0.2) is 24.3 Å². The van der Waals surface area contributed by atoms with Crippen LogP contribution in [0.4, 0.5) is 0 Å². The van der Waals surface area contributed by atoms with E-state index in [2.05, 4.69) is 10.2 Å². The van der Waals surface area contributed by atoms with Crippen molar-refractivity contribution in [3.63, 3.8) is 0 Å². The number of nitrogens with zero attached hydrogens (tertiary/aromatic N) is 1. The first-order valence-corrected chi connectivity index (χ1v) is 6.64. The van der Waals surface area contributed by atoms with Gasteiger partial charge in [-0.2, -0.15) is 0 Å². The number of hydrogen-bond acceptors (Lipinski definition) is 4. The normalized spacial score (nSPS) is 10.4. The van der Waals surface area contributed by atoms with E-state index >= 15 is 0 Å². The topological polar surface area (TPSA) is 58.6 Å². The number of carbonyl (C=O) groups is 2. The highest BCUT2D eigenvalue weighted by Gasteiger charge is 2.04. The summed E-state index contributed by atoms with van der Waals surface area (Å²) in [5, 5.41) is 2.79. The van der Waals surface area contributed by atoms with Gasteiger partial charge in [0.05, 0.1) is 0 Å². The number of nitrogens with one attached hydrogen (secondary N) is 1. The predicted molar refractivity (Wildman–Crippen MR) is 78.1 cm³/mol. The molecule has 1 aromatic carbocycles. The van der Waals surface area contributed by atoms with Crippen LogP contribution in [0.3, 0.4) is 0 Å². The molecular weight excluding hydrogens is 256 g/mol. The van der Waals surface area contributed by atoms with Crippen LogP contribution in [0.1, 0.15) is 23.7 Å².